The first-order valence-corrected chi connectivity index (χ1v) is 11.4. The highest BCUT2D eigenvalue weighted by atomic mass is 32.1. The third-order valence-electron chi connectivity index (χ3n) is 5.39. The van der Waals surface area contributed by atoms with Crippen molar-refractivity contribution in [1.29, 1.82) is 0 Å². The summed E-state index contributed by atoms with van der Waals surface area (Å²) < 4.78 is 5.28. The summed E-state index contributed by atoms with van der Waals surface area (Å²) in [6, 6.07) is 16.1. The van der Waals surface area contributed by atoms with Crippen molar-refractivity contribution in [3.63, 3.8) is 0 Å². The first-order chi connectivity index (χ1) is 15.1. The van der Waals surface area contributed by atoms with Crippen molar-refractivity contribution in [1.82, 2.24) is 0 Å². The van der Waals surface area contributed by atoms with Gasteiger partial charge >= 0.3 is 5.97 Å². The molecule has 0 saturated heterocycles. The fraction of sp³-hybridized carbons (Fsp3) is 0.280. The molecule has 1 aliphatic heterocycles. The molecule has 6 heteroatoms. The molecule has 5 nitrogen and oxygen atoms in total. The fourth-order valence-corrected chi connectivity index (χ4v) is 4.97. The van der Waals surface area contributed by atoms with E-state index in [1.165, 1.54) is 22.5 Å². The van der Waals surface area contributed by atoms with Crippen LogP contribution in [0.25, 0.3) is 11.1 Å². The number of nitrogens with zero attached hydrogens (tertiary/aromatic N) is 1. The molecule has 160 valence electrons. The van der Waals surface area contributed by atoms with Crippen LogP contribution in [-0.4, -0.2) is 31.6 Å². The summed E-state index contributed by atoms with van der Waals surface area (Å²) in [5.41, 5.74) is 5.75. The molecular formula is C25H26N2O3S. The molecule has 3 aromatic rings. The Balaban J connectivity index is 1.56. The number of benzene rings is 2. The Labute approximate surface area is 186 Å². The molecule has 4 rings (SSSR count). The molecule has 0 unspecified atom stereocenters. The first kappa shape index (κ1) is 21.1. The van der Waals surface area contributed by atoms with Crippen LogP contribution in [0.2, 0.25) is 0 Å². The topological polar surface area (TPSA) is 58.6 Å². The number of rotatable bonds is 6. The van der Waals surface area contributed by atoms with Gasteiger partial charge in [-0.3, -0.25) is 4.79 Å². The van der Waals surface area contributed by atoms with Crippen molar-refractivity contribution in [3.05, 3.63) is 70.6 Å². The number of hydrogen-bond donors (Lipinski definition) is 1. The molecule has 0 aliphatic carbocycles. The summed E-state index contributed by atoms with van der Waals surface area (Å²) >= 11 is 1.35. The molecule has 1 amide bonds. The number of fused-ring (bicyclic) bond motifs is 1. The quantitative estimate of drug-likeness (QED) is 0.536. The molecule has 0 radical (unpaired) electrons. The van der Waals surface area contributed by atoms with E-state index in [9.17, 15) is 9.59 Å². The maximum atomic E-state index is 12.9. The van der Waals surface area contributed by atoms with E-state index in [0.717, 1.165) is 36.2 Å². The summed E-state index contributed by atoms with van der Waals surface area (Å²) in [4.78, 5) is 27.8. The first-order valence-electron chi connectivity index (χ1n) is 10.5. The fourth-order valence-electron chi connectivity index (χ4n) is 3.99. The van der Waals surface area contributed by atoms with Gasteiger partial charge in [0.2, 0.25) is 5.91 Å². The van der Waals surface area contributed by atoms with Gasteiger partial charge in [-0.1, -0.05) is 48.0 Å². The number of carbonyl (C=O) groups is 2. The van der Waals surface area contributed by atoms with Crippen LogP contribution in [0.1, 0.15) is 34.8 Å². The van der Waals surface area contributed by atoms with E-state index in [0.29, 0.717) is 10.6 Å². The molecule has 1 aromatic heterocycles. The number of aryl methyl sites for hydroxylation is 2. The monoisotopic (exact) mass is 434 g/mol. The van der Waals surface area contributed by atoms with Crippen LogP contribution >= 0.6 is 11.3 Å². The minimum atomic E-state index is -0.420. The van der Waals surface area contributed by atoms with Crippen molar-refractivity contribution >= 4 is 33.9 Å². The molecule has 0 bridgehead atoms. The number of ether oxygens (including phenoxy) is 1. The lowest BCUT2D eigenvalue weighted by atomic mass is 9.99. The van der Waals surface area contributed by atoms with Gasteiger partial charge in [0.15, 0.2) is 0 Å². The van der Waals surface area contributed by atoms with Crippen LogP contribution in [0, 0.1) is 6.92 Å². The highest BCUT2D eigenvalue weighted by molar-refractivity contribution is 7.15. The Morgan fingerprint density at radius 1 is 1.16 bits per heavy atom. The maximum absolute atomic E-state index is 12.9. The number of hydrogen-bond acceptors (Lipinski definition) is 5. The minimum Gasteiger partial charge on any atom is -0.462 e. The largest absolute Gasteiger partial charge is 0.462 e. The third kappa shape index (κ3) is 4.64. The van der Waals surface area contributed by atoms with E-state index in [1.807, 2.05) is 35.7 Å². The molecule has 2 heterocycles. The zero-order valence-corrected chi connectivity index (χ0v) is 18.6. The van der Waals surface area contributed by atoms with Gasteiger partial charge in [0.25, 0.3) is 0 Å². The highest BCUT2D eigenvalue weighted by Crippen LogP contribution is 2.36. The third-order valence-corrected chi connectivity index (χ3v) is 6.29. The van der Waals surface area contributed by atoms with Crippen LogP contribution in [0.15, 0.2) is 53.9 Å². The van der Waals surface area contributed by atoms with Gasteiger partial charge in [0.05, 0.1) is 13.2 Å². The second-order valence-corrected chi connectivity index (χ2v) is 8.53. The van der Waals surface area contributed by atoms with Gasteiger partial charge < -0.3 is 15.0 Å². The van der Waals surface area contributed by atoms with Crippen LogP contribution < -0.4 is 10.2 Å². The zero-order chi connectivity index (χ0) is 21.8. The molecule has 1 N–H and O–H groups in total. The number of thiophene rings is 1. The van der Waals surface area contributed by atoms with E-state index in [1.54, 1.807) is 6.92 Å². The summed E-state index contributed by atoms with van der Waals surface area (Å²) in [7, 11) is 0. The average Bonchev–Trinajstić information content (AvgIpc) is 3.18. The lowest BCUT2D eigenvalue weighted by Gasteiger charge is -2.31. The SMILES string of the molecule is CCOC(=O)c1c(-c2ccccc2)csc1NC(=O)CN1CCCc2cc(C)ccc21. The molecule has 0 saturated carbocycles. The Bertz CT molecular complexity index is 1090. The maximum Gasteiger partial charge on any atom is 0.341 e. The second kappa shape index (κ2) is 9.35. The van der Waals surface area contributed by atoms with Gasteiger partial charge in [-0.25, -0.2) is 4.79 Å². The Morgan fingerprint density at radius 2 is 1.97 bits per heavy atom. The molecule has 0 fully saturated rings. The van der Waals surface area contributed by atoms with Gasteiger partial charge in [0, 0.05) is 23.2 Å². The number of amides is 1. The van der Waals surface area contributed by atoms with Crippen LogP contribution in [-0.2, 0) is 16.0 Å². The van der Waals surface area contributed by atoms with Crippen LogP contribution in [0.5, 0.6) is 0 Å². The number of esters is 1. The molecule has 1 aliphatic rings. The van der Waals surface area contributed by atoms with Crippen molar-refractivity contribution in [3.8, 4) is 11.1 Å². The van der Waals surface area contributed by atoms with Crippen molar-refractivity contribution in [2.45, 2.75) is 26.7 Å². The normalized spacial score (nSPS) is 12.9. The second-order valence-electron chi connectivity index (χ2n) is 7.65. The highest BCUT2D eigenvalue weighted by Gasteiger charge is 2.24. The summed E-state index contributed by atoms with van der Waals surface area (Å²) in [6.45, 7) is 5.23. The predicted octanol–water partition coefficient (Wildman–Crippen LogP) is 5.29. The molecule has 0 atom stereocenters. The lowest BCUT2D eigenvalue weighted by molar-refractivity contribution is -0.115. The molecular weight excluding hydrogens is 408 g/mol. The Morgan fingerprint density at radius 3 is 2.74 bits per heavy atom. The zero-order valence-electron chi connectivity index (χ0n) is 17.8. The van der Waals surface area contributed by atoms with Crippen molar-refractivity contribution in [2.75, 3.05) is 29.9 Å². The van der Waals surface area contributed by atoms with Gasteiger partial charge in [0.1, 0.15) is 10.6 Å². The Kier molecular flexibility index (Phi) is 6.37. The van der Waals surface area contributed by atoms with Crippen LogP contribution in [0.3, 0.4) is 0 Å². The van der Waals surface area contributed by atoms with E-state index in [-0.39, 0.29) is 19.1 Å². The van der Waals surface area contributed by atoms with E-state index in [2.05, 4.69) is 35.3 Å². The van der Waals surface area contributed by atoms with Crippen LogP contribution in [0.4, 0.5) is 10.7 Å². The predicted molar refractivity (Wildman–Crippen MR) is 126 cm³/mol. The molecule has 2 aromatic carbocycles. The summed E-state index contributed by atoms with van der Waals surface area (Å²) in [5.74, 6) is -0.558. The molecule has 0 spiro atoms. The standard InChI is InChI=1S/C25H26N2O3S/c1-3-30-25(29)23-20(18-8-5-4-6-9-18)16-31-24(23)26-22(28)15-27-13-7-10-19-14-17(2)11-12-21(19)27/h4-6,8-9,11-12,14,16H,3,7,10,13,15H2,1-2H3,(H,26,28). The van der Waals surface area contributed by atoms with E-state index in [4.69, 9.17) is 4.74 Å². The van der Waals surface area contributed by atoms with E-state index >= 15 is 0 Å². The Hall–Kier alpha value is -3.12. The van der Waals surface area contributed by atoms with Gasteiger partial charge in [-0.2, -0.15) is 0 Å². The summed E-state index contributed by atoms with van der Waals surface area (Å²) in [6.07, 6.45) is 2.06. The average molecular weight is 435 g/mol. The van der Waals surface area contributed by atoms with Gasteiger partial charge in [-0.05, 0) is 43.9 Å². The van der Waals surface area contributed by atoms with Crippen molar-refractivity contribution < 1.29 is 14.3 Å². The lowest BCUT2D eigenvalue weighted by Crippen LogP contribution is -2.36. The van der Waals surface area contributed by atoms with Crippen molar-refractivity contribution in [2.24, 2.45) is 0 Å². The number of carbonyl (C=O) groups excluding carboxylic acids is 2. The van der Waals surface area contributed by atoms with E-state index < -0.39 is 5.97 Å². The smallest absolute Gasteiger partial charge is 0.341 e. The molecule has 31 heavy (non-hydrogen) atoms. The minimum absolute atomic E-state index is 0.138. The van der Waals surface area contributed by atoms with Gasteiger partial charge in [-0.15, -0.1) is 11.3 Å². The number of anilines is 2. The number of nitrogens with one attached hydrogen (secondary N) is 1. The summed E-state index contributed by atoms with van der Waals surface area (Å²) in [5, 5.41) is 5.40.